The summed E-state index contributed by atoms with van der Waals surface area (Å²) in [6, 6.07) is 3.62. The summed E-state index contributed by atoms with van der Waals surface area (Å²) in [5.74, 6) is -0.778. The molecule has 1 saturated heterocycles. The van der Waals surface area contributed by atoms with Crippen molar-refractivity contribution in [3.63, 3.8) is 0 Å². The summed E-state index contributed by atoms with van der Waals surface area (Å²) in [7, 11) is 0. The van der Waals surface area contributed by atoms with E-state index in [0.717, 1.165) is 30.9 Å². The quantitative estimate of drug-likeness (QED) is 0.466. The topological polar surface area (TPSA) is 52.6 Å². The van der Waals surface area contributed by atoms with Crippen LogP contribution in [0.15, 0.2) is 12.1 Å². The zero-order chi connectivity index (χ0) is 13.0. The van der Waals surface area contributed by atoms with Crippen LogP contribution in [-0.4, -0.2) is 31.6 Å². The predicted molar refractivity (Wildman–Crippen MR) is 67.9 cm³/mol. The van der Waals surface area contributed by atoms with Crippen molar-refractivity contribution in [1.29, 1.82) is 0 Å². The average molecular weight is 268 g/mol. The van der Waals surface area contributed by atoms with Crippen LogP contribution in [-0.2, 0) is 20.7 Å². The first-order valence-electron chi connectivity index (χ1n) is 6.08. The van der Waals surface area contributed by atoms with Crippen molar-refractivity contribution < 1.29 is 19.1 Å². The zero-order valence-corrected chi connectivity index (χ0v) is 11.1. The molecule has 1 unspecified atom stereocenters. The smallest absolute Gasteiger partial charge is 0.380 e. The van der Waals surface area contributed by atoms with Crippen LogP contribution >= 0.6 is 11.3 Å². The van der Waals surface area contributed by atoms with Gasteiger partial charge in [0.05, 0.1) is 11.5 Å². The van der Waals surface area contributed by atoms with Crippen LogP contribution in [0.25, 0.3) is 0 Å². The van der Waals surface area contributed by atoms with Crippen LogP contribution in [0.3, 0.4) is 0 Å². The molecule has 0 aromatic carbocycles. The summed E-state index contributed by atoms with van der Waals surface area (Å²) in [5.41, 5.74) is 0. The Morgan fingerprint density at radius 2 is 2.33 bits per heavy atom. The minimum Gasteiger partial charge on any atom is -0.460 e. The van der Waals surface area contributed by atoms with Gasteiger partial charge in [-0.1, -0.05) is 0 Å². The number of carbonyl (C=O) groups excluding carboxylic acids is 2. The summed E-state index contributed by atoms with van der Waals surface area (Å²) in [4.78, 5) is 24.6. The molecule has 18 heavy (non-hydrogen) atoms. The van der Waals surface area contributed by atoms with Crippen molar-refractivity contribution in [2.24, 2.45) is 5.92 Å². The number of thiophene rings is 1. The molecule has 1 aliphatic heterocycles. The van der Waals surface area contributed by atoms with E-state index in [1.165, 1.54) is 11.3 Å². The SMILES string of the molecule is CCOC(=O)C(=O)c1ccc(CC2CCOC2)s1. The van der Waals surface area contributed by atoms with Gasteiger partial charge in [0, 0.05) is 18.1 Å². The van der Waals surface area contributed by atoms with Crippen LogP contribution in [0, 0.1) is 5.92 Å². The second kappa shape index (κ2) is 6.11. The van der Waals surface area contributed by atoms with Gasteiger partial charge < -0.3 is 9.47 Å². The van der Waals surface area contributed by atoms with Gasteiger partial charge in [0.15, 0.2) is 0 Å². The molecule has 5 heteroatoms. The van der Waals surface area contributed by atoms with E-state index in [1.807, 2.05) is 6.07 Å². The maximum absolute atomic E-state index is 11.7. The van der Waals surface area contributed by atoms with Crippen LogP contribution in [0.4, 0.5) is 0 Å². The van der Waals surface area contributed by atoms with E-state index in [2.05, 4.69) is 0 Å². The molecule has 1 aliphatic rings. The number of esters is 1. The molecule has 0 saturated carbocycles. The largest absolute Gasteiger partial charge is 0.460 e. The van der Waals surface area contributed by atoms with Gasteiger partial charge in [0.2, 0.25) is 0 Å². The first-order chi connectivity index (χ1) is 8.70. The summed E-state index contributed by atoms with van der Waals surface area (Å²) < 4.78 is 10.0. The molecule has 2 heterocycles. The van der Waals surface area contributed by atoms with Crippen molar-refractivity contribution in [3.8, 4) is 0 Å². The fourth-order valence-electron chi connectivity index (χ4n) is 1.94. The molecular formula is C13H16O4S. The van der Waals surface area contributed by atoms with Gasteiger partial charge in [-0.15, -0.1) is 11.3 Å². The van der Waals surface area contributed by atoms with Crippen LogP contribution < -0.4 is 0 Å². The van der Waals surface area contributed by atoms with E-state index in [-0.39, 0.29) is 6.61 Å². The average Bonchev–Trinajstić information content (AvgIpc) is 3.00. The Labute approximate surface area is 110 Å². The van der Waals surface area contributed by atoms with Gasteiger partial charge in [0.1, 0.15) is 0 Å². The van der Waals surface area contributed by atoms with Crippen LogP contribution in [0.1, 0.15) is 27.9 Å². The lowest BCUT2D eigenvalue weighted by molar-refractivity contribution is -0.137. The highest BCUT2D eigenvalue weighted by atomic mass is 32.1. The molecule has 1 atom stereocenters. The summed E-state index contributed by atoms with van der Waals surface area (Å²) in [5, 5.41) is 0. The standard InChI is InChI=1S/C13H16O4S/c1-2-17-13(15)12(14)11-4-3-10(18-11)7-9-5-6-16-8-9/h3-4,9H,2,5-8H2,1H3. The number of rotatable bonds is 5. The number of Topliss-reactive ketones (excluding diaryl/α,β-unsaturated/α-hetero) is 1. The molecule has 2 rings (SSSR count). The van der Waals surface area contributed by atoms with E-state index in [9.17, 15) is 9.59 Å². The Balaban J connectivity index is 1.96. The van der Waals surface area contributed by atoms with Gasteiger partial charge in [-0.2, -0.15) is 0 Å². The Bertz CT molecular complexity index is 432. The lowest BCUT2D eigenvalue weighted by Crippen LogP contribution is -2.16. The fraction of sp³-hybridized carbons (Fsp3) is 0.538. The van der Waals surface area contributed by atoms with Gasteiger partial charge in [-0.05, 0) is 37.8 Å². The molecule has 0 amide bonds. The molecule has 0 aliphatic carbocycles. The first-order valence-corrected chi connectivity index (χ1v) is 6.90. The third-order valence-electron chi connectivity index (χ3n) is 2.86. The normalized spacial score (nSPS) is 18.8. The molecule has 1 fully saturated rings. The number of hydrogen-bond donors (Lipinski definition) is 0. The third kappa shape index (κ3) is 3.17. The maximum Gasteiger partial charge on any atom is 0.380 e. The van der Waals surface area contributed by atoms with Gasteiger partial charge >= 0.3 is 5.97 Å². The second-order valence-electron chi connectivity index (χ2n) is 4.25. The molecule has 0 radical (unpaired) electrons. The predicted octanol–water partition coefficient (Wildman–Crippen LogP) is 2.07. The second-order valence-corrected chi connectivity index (χ2v) is 5.42. The number of hydrogen-bond acceptors (Lipinski definition) is 5. The van der Waals surface area contributed by atoms with E-state index in [4.69, 9.17) is 9.47 Å². The maximum atomic E-state index is 11.7. The molecule has 1 aromatic rings. The molecule has 4 nitrogen and oxygen atoms in total. The van der Waals surface area contributed by atoms with Crippen molar-refractivity contribution in [1.82, 2.24) is 0 Å². The Morgan fingerprint density at radius 1 is 1.50 bits per heavy atom. The molecule has 0 spiro atoms. The summed E-state index contributed by atoms with van der Waals surface area (Å²) in [6.45, 7) is 3.52. The molecule has 98 valence electrons. The third-order valence-corrected chi connectivity index (χ3v) is 3.97. The van der Waals surface area contributed by atoms with Crippen molar-refractivity contribution in [2.45, 2.75) is 19.8 Å². The first kappa shape index (κ1) is 13.2. The molecule has 1 aromatic heterocycles. The molecule has 0 N–H and O–H groups in total. The zero-order valence-electron chi connectivity index (χ0n) is 10.3. The van der Waals surface area contributed by atoms with E-state index >= 15 is 0 Å². The van der Waals surface area contributed by atoms with E-state index in [1.54, 1.807) is 13.0 Å². The van der Waals surface area contributed by atoms with Crippen LogP contribution in [0.2, 0.25) is 0 Å². The summed E-state index contributed by atoms with van der Waals surface area (Å²) in [6.07, 6.45) is 1.99. The minimum absolute atomic E-state index is 0.224. The highest BCUT2D eigenvalue weighted by Crippen LogP contribution is 2.24. The van der Waals surface area contributed by atoms with Crippen molar-refractivity contribution in [2.75, 3.05) is 19.8 Å². The lowest BCUT2D eigenvalue weighted by atomic mass is 10.0. The number of ether oxygens (including phenoxy) is 2. The molecule has 0 bridgehead atoms. The Hall–Kier alpha value is -1.20. The van der Waals surface area contributed by atoms with E-state index in [0.29, 0.717) is 10.8 Å². The Morgan fingerprint density at radius 3 is 3.00 bits per heavy atom. The van der Waals surface area contributed by atoms with E-state index < -0.39 is 11.8 Å². The number of ketones is 1. The number of carbonyl (C=O) groups is 2. The Kier molecular flexibility index (Phi) is 4.49. The summed E-state index contributed by atoms with van der Waals surface area (Å²) >= 11 is 1.38. The molecular weight excluding hydrogens is 252 g/mol. The van der Waals surface area contributed by atoms with Gasteiger partial charge in [-0.3, -0.25) is 4.79 Å². The van der Waals surface area contributed by atoms with Gasteiger partial charge in [0.25, 0.3) is 5.78 Å². The lowest BCUT2D eigenvalue weighted by Gasteiger charge is -2.03. The highest BCUT2D eigenvalue weighted by Gasteiger charge is 2.21. The fourth-order valence-corrected chi connectivity index (χ4v) is 2.99. The van der Waals surface area contributed by atoms with Crippen molar-refractivity contribution in [3.05, 3.63) is 21.9 Å². The minimum atomic E-state index is -0.768. The van der Waals surface area contributed by atoms with Crippen LogP contribution in [0.5, 0.6) is 0 Å². The van der Waals surface area contributed by atoms with Gasteiger partial charge in [-0.25, -0.2) is 4.79 Å². The highest BCUT2D eigenvalue weighted by molar-refractivity contribution is 7.14. The van der Waals surface area contributed by atoms with Crippen molar-refractivity contribution >= 4 is 23.1 Å². The monoisotopic (exact) mass is 268 g/mol.